The first kappa shape index (κ1) is 14.1. The predicted molar refractivity (Wildman–Crippen MR) is 76.3 cm³/mol. The lowest BCUT2D eigenvalue weighted by atomic mass is 10.1. The zero-order chi connectivity index (χ0) is 13.8. The van der Waals surface area contributed by atoms with Crippen LogP contribution in [0.1, 0.15) is 30.0 Å². The van der Waals surface area contributed by atoms with Gasteiger partial charge in [-0.05, 0) is 31.2 Å². The molecule has 0 bridgehead atoms. The number of halogens is 1. The number of nitrogens with two attached hydrogens (primary N) is 1. The Morgan fingerprint density at radius 1 is 1.53 bits per heavy atom. The molecule has 0 aromatic carbocycles. The normalized spacial score (nSPS) is 14.2. The number of hydrogen-bond acceptors (Lipinski definition) is 4. The van der Waals surface area contributed by atoms with E-state index in [0.717, 1.165) is 15.0 Å². The van der Waals surface area contributed by atoms with Crippen LogP contribution in [0.2, 0.25) is 4.34 Å². The number of carbonyl (C=O) groups excluding carboxylic acids is 1. The molecule has 1 amide bonds. The molecule has 6 heteroatoms. The van der Waals surface area contributed by atoms with Crippen LogP contribution in [0, 0.1) is 0 Å². The summed E-state index contributed by atoms with van der Waals surface area (Å²) in [6.07, 6.45) is 1.90. The maximum absolute atomic E-state index is 11.0. The van der Waals surface area contributed by atoms with Gasteiger partial charge in [0.1, 0.15) is 11.8 Å². The van der Waals surface area contributed by atoms with Crippen LogP contribution >= 0.6 is 22.9 Å². The van der Waals surface area contributed by atoms with Gasteiger partial charge in [-0.1, -0.05) is 11.6 Å². The molecule has 4 nitrogen and oxygen atoms in total. The fourth-order valence-corrected chi connectivity index (χ4v) is 3.02. The zero-order valence-corrected chi connectivity index (χ0v) is 12.0. The molecule has 2 aromatic heterocycles. The number of rotatable bonds is 6. The summed E-state index contributed by atoms with van der Waals surface area (Å²) in [5, 5.41) is 3.34. The van der Waals surface area contributed by atoms with Crippen LogP contribution in [0.5, 0.6) is 0 Å². The summed E-state index contributed by atoms with van der Waals surface area (Å²) in [5.74, 6) is 0.456. The fourth-order valence-electron chi connectivity index (χ4n) is 1.89. The van der Waals surface area contributed by atoms with E-state index in [1.807, 2.05) is 31.2 Å². The second-order valence-electron chi connectivity index (χ2n) is 4.33. The van der Waals surface area contributed by atoms with Crippen molar-refractivity contribution < 1.29 is 9.21 Å². The number of nitrogens with one attached hydrogen (secondary N) is 1. The molecule has 2 rings (SSSR count). The van der Waals surface area contributed by atoms with Crippen molar-refractivity contribution in [2.24, 2.45) is 5.73 Å². The molecule has 2 unspecified atom stereocenters. The van der Waals surface area contributed by atoms with Gasteiger partial charge in [-0.25, -0.2) is 0 Å². The third-order valence-corrected chi connectivity index (χ3v) is 3.96. The van der Waals surface area contributed by atoms with E-state index in [4.69, 9.17) is 21.8 Å². The highest BCUT2D eigenvalue weighted by molar-refractivity contribution is 7.16. The molecule has 2 atom stereocenters. The van der Waals surface area contributed by atoms with Crippen molar-refractivity contribution in [2.45, 2.75) is 25.4 Å². The minimum atomic E-state index is -0.331. The number of hydrogen-bond donors (Lipinski definition) is 2. The Balaban J connectivity index is 2.18. The molecular weight excluding hydrogens is 284 g/mol. The lowest BCUT2D eigenvalue weighted by molar-refractivity contribution is -0.118. The highest BCUT2D eigenvalue weighted by Gasteiger charge is 2.21. The van der Waals surface area contributed by atoms with Crippen LogP contribution in [0.15, 0.2) is 34.9 Å². The quantitative estimate of drug-likeness (QED) is 0.861. The average molecular weight is 299 g/mol. The molecule has 0 spiro atoms. The molecule has 0 aliphatic rings. The van der Waals surface area contributed by atoms with Crippen molar-refractivity contribution in [1.29, 1.82) is 0 Å². The number of carbonyl (C=O) groups is 1. The molecule has 0 aliphatic heterocycles. The van der Waals surface area contributed by atoms with Crippen LogP contribution in [0.4, 0.5) is 0 Å². The van der Waals surface area contributed by atoms with Gasteiger partial charge >= 0.3 is 0 Å². The molecule has 0 saturated carbocycles. The maximum atomic E-state index is 11.0. The number of furan rings is 1. The van der Waals surface area contributed by atoms with E-state index in [1.165, 1.54) is 11.3 Å². The van der Waals surface area contributed by atoms with Gasteiger partial charge < -0.3 is 10.2 Å². The second-order valence-corrected chi connectivity index (χ2v) is 6.08. The van der Waals surface area contributed by atoms with Crippen LogP contribution in [-0.4, -0.2) is 11.9 Å². The van der Waals surface area contributed by atoms with Gasteiger partial charge in [0.15, 0.2) is 0 Å². The minimum Gasteiger partial charge on any atom is -0.467 e. The van der Waals surface area contributed by atoms with E-state index in [2.05, 4.69) is 5.32 Å². The van der Waals surface area contributed by atoms with Crippen molar-refractivity contribution in [1.82, 2.24) is 5.32 Å². The van der Waals surface area contributed by atoms with Gasteiger partial charge in [-0.2, -0.15) is 0 Å². The summed E-state index contributed by atoms with van der Waals surface area (Å²) in [5.41, 5.74) is 5.21. The van der Waals surface area contributed by atoms with Crippen molar-refractivity contribution >= 4 is 28.8 Å². The van der Waals surface area contributed by atoms with Crippen LogP contribution in [0.3, 0.4) is 0 Å². The Morgan fingerprint density at radius 2 is 2.32 bits per heavy atom. The zero-order valence-electron chi connectivity index (χ0n) is 10.4. The van der Waals surface area contributed by atoms with Crippen LogP contribution in [0.25, 0.3) is 0 Å². The van der Waals surface area contributed by atoms with Crippen molar-refractivity contribution in [2.75, 3.05) is 0 Å². The van der Waals surface area contributed by atoms with E-state index in [0.29, 0.717) is 0 Å². The van der Waals surface area contributed by atoms with Crippen molar-refractivity contribution in [3.05, 3.63) is 45.5 Å². The van der Waals surface area contributed by atoms with E-state index < -0.39 is 0 Å². The second kappa shape index (κ2) is 6.23. The van der Waals surface area contributed by atoms with Gasteiger partial charge in [0.2, 0.25) is 5.91 Å². The molecular formula is C13H15ClN2O2S. The standard InChI is InChI=1S/C13H15ClN2O2S/c1-8(7-12(15)17)16-13(9-3-2-6-18-9)10-4-5-11(14)19-10/h2-6,8,13,16H,7H2,1H3,(H2,15,17). The molecule has 2 heterocycles. The third-order valence-electron chi connectivity index (χ3n) is 2.66. The summed E-state index contributed by atoms with van der Waals surface area (Å²) >= 11 is 7.45. The Kier molecular flexibility index (Phi) is 4.63. The topological polar surface area (TPSA) is 68.3 Å². The lowest BCUT2D eigenvalue weighted by Crippen LogP contribution is -2.34. The smallest absolute Gasteiger partial charge is 0.218 e. The minimum absolute atomic E-state index is 0.0477. The van der Waals surface area contributed by atoms with Gasteiger partial charge in [-0.15, -0.1) is 11.3 Å². The van der Waals surface area contributed by atoms with Gasteiger partial charge in [0.25, 0.3) is 0 Å². The molecule has 0 saturated heterocycles. The lowest BCUT2D eigenvalue weighted by Gasteiger charge is -2.20. The SMILES string of the molecule is CC(CC(N)=O)NC(c1ccco1)c1ccc(Cl)s1. The summed E-state index contributed by atoms with van der Waals surface area (Å²) in [7, 11) is 0. The highest BCUT2D eigenvalue weighted by Crippen LogP contribution is 2.31. The van der Waals surface area contributed by atoms with Crippen molar-refractivity contribution in [3.8, 4) is 0 Å². The molecule has 0 radical (unpaired) electrons. The van der Waals surface area contributed by atoms with Gasteiger partial charge in [0, 0.05) is 17.3 Å². The molecule has 102 valence electrons. The Hall–Kier alpha value is -1.30. The van der Waals surface area contributed by atoms with Crippen LogP contribution in [-0.2, 0) is 4.79 Å². The summed E-state index contributed by atoms with van der Waals surface area (Å²) in [6.45, 7) is 1.91. The van der Waals surface area contributed by atoms with E-state index in [9.17, 15) is 4.79 Å². The van der Waals surface area contributed by atoms with E-state index >= 15 is 0 Å². The average Bonchev–Trinajstić information content (AvgIpc) is 2.95. The van der Waals surface area contributed by atoms with Gasteiger partial charge in [-0.3, -0.25) is 10.1 Å². The van der Waals surface area contributed by atoms with Gasteiger partial charge in [0.05, 0.1) is 10.6 Å². The monoisotopic (exact) mass is 298 g/mol. The number of amides is 1. The molecule has 19 heavy (non-hydrogen) atoms. The van der Waals surface area contributed by atoms with E-state index in [-0.39, 0.29) is 24.4 Å². The predicted octanol–water partition coefficient (Wildman–Crippen LogP) is 2.94. The highest BCUT2D eigenvalue weighted by atomic mass is 35.5. The van der Waals surface area contributed by atoms with Crippen molar-refractivity contribution in [3.63, 3.8) is 0 Å². The first-order valence-electron chi connectivity index (χ1n) is 5.89. The molecule has 0 aliphatic carbocycles. The first-order chi connectivity index (χ1) is 9.06. The Labute approximate surface area is 120 Å². The summed E-state index contributed by atoms with van der Waals surface area (Å²) in [6, 6.07) is 7.35. The molecule has 2 aromatic rings. The fraction of sp³-hybridized carbons (Fsp3) is 0.308. The van der Waals surface area contributed by atoms with Crippen LogP contribution < -0.4 is 11.1 Å². The number of thiophene rings is 1. The Morgan fingerprint density at radius 3 is 2.84 bits per heavy atom. The molecule has 3 N–H and O–H groups in total. The summed E-state index contributed by atoms with van der Waals surface area (Å²) < 4.78 is 6.17. The Bertz CT molecular complexity index is 539. The summed E-state index contributed by atoms with van der Waals surface area (Å²) in [4.78, 5) is 12.0. The van der Waals surface area contributed by atoms with E-state index in [1.54, 1.807) is 6.26 Å². The third kappa shape index (κ3) is 3.83. The number of primary amides is 1. The largest absolute Gasteiger partial charge is 0.467 e. The maximum Gasteiger partial charge on any atom is 0.218 e. The molecule has 0 fully saturated rings. The first-order valence-corrected chi connectivity index (χ1v) is 7.08.